The standard InChI is InChI=1S/C16H19N5O2S/c1-16(2,3)11-8-18-14(23-11)9-17-13(22)10-24-15-20-19-12-6-4-5-7-21(12)15/h4-8H,9-10H2,1-3H3,(H,17,22). The van der Waals surface area contributed by atoms with Crippen molar-refractivity contribution in [1.82, 2.24) is 24.9 Å². The number of hydrogen-bond donors (Lipinski definition) is 1. The Hall–Kier alpha value is -2.35. The van der Waals surface area contributed by atoms with Crippen LogP contribution in [0.3, 0.4) is 0 Å². The van der Waals surface area contributed by atoms with E-state index in [4.69, 9.17) is 4.42 Å². The molecule has 0 bridgehead atoms. The van der Waals surface area contributed by atoms with Gasteiger partial charge in [0.15, 0.2) is 10.8 Å². The minimum atomic E-state index is -0.108. The number of thioether (sulfide) groups is 1. The summed E-state index contributed by atoms with van der Waals surface area (Å²) in [5.74, 6) is 1.45. The van der Waals surface area contributed by atoms with Crippen molar-refractivity contribution >= 4 is 23.3 Å². The fraction of sp³-hybridized carbons (Fsp3) is 0.375. The van der Waals surface area contributed by atoms with Gasteiger partial charge in [0.05, 0.1) is 18.5 Å². The number of nitrogens with zero attached hydrogens (tertiary/aromatic N) is 4. The molecule has 1 amide bonds. The van der Waals surface area contributed by atoms with Gasteiger partial charge >= 0.3 is 0 Å². The monoisotopic (exact) mass is 345 g/mol. The first-order chi connectivity index (χ1) is 11.4. The summed E-state index contributed by atoms with van der Waals surface area (Å²) in [7, 11) is 0. The van der Waals surface area contributed by atoms with Gasteiger partial charge in [-0.15, -0.1) is 10.2 Å². The zero-order valence-corrected chi connectivity index (χ0v) is 14.6. The molecule has 0 radical (unpaired) electrons. The van der Waals surface area contributed by atoms with Crippen LogP contribution in [0.15, 0.2) is 40.2 Å². The summed E-state index contributed by atoms with van der Waals surface area (Å²) in [5, 5.41) is 11.6. The average Bonchev–Trinajstić information content (AvgIpc) is 3.17. The van der Waals surface area contributed by atoms with Gasteiger partial charge in [0.25, 0.3) is 0 Å². The fourth-order valence-corrected chi connectivity index (χ4v) is 2.77. The molecule has 0 saturated carbocycles. The summed E-state index contributed by atoms with van der Waals surface area (Å²) in [4.78, 5) is 16.2. The number of aromatic nitrogens is 4. The molecule has 24 heavy (non-hydrogen) atoms. The maximum absolute atomic E-state index is 12.0. The van der Waals surface area contributed by atoms with Crippen LogP contribution < -0.4 is 5.32 Å². The molecule has 0 spiro atoms. The minimum absolute atomic E-state index is 0.0974. The van der Waals surface area contributed by atoms with Crippen molar-refractivity contribution in [2.45, 2.75) is 37.9 Å². The predicted octanol–water partition coefficient (Wildman–Crippen LogP) is 2.42. The van der Waals surface area contributed by atoms with E-state index < -0.39 is 0 Å². The Balaban J connectivity index is 1.52. The molecule has 7 nitrogen and oxygen atoms in total. The van der Waals surface area contributed by atoms with Crippen molar-refractivity contribution in [3.8, 4) is 0 Å². The van der Waals surface area contributed by atoms with Crippen LogP contribution in [-0.4, -0.2) is 31.2 Å². The number of fused-ring (bicyclic) bond motifs is 1. The number of amides is 1. The van der Waals surface area contributed by atoms with E-state index in [9.17, 15) is 4.79 Å². The molecular formula is C16H19N5O2S. The normalized spacial score (nSPS) is 11.8. The molecule has 3 aromatic heterocycles. The van der Waals surface area contributed by atoms with Crippen LogP contribution in [0.1, 0.15) is 32.4 Å². The van der Waals surface area contributed by atoms with Gasteiger partial charge in [0, 0.05) is 11.6 Å². The number of carbonyl (C=O) groups excluding carboxylic acids is 1. The number of carbonyl (C=O) groups is 1. The highest BCUT2D eigenvalue weighted by Gasteiger charge is 2.19. The quantitative estimate of drug-likeness (QED) is 0.715. The van der Waals surface area contributed by atoms with Crippen molar-refractivity contribution in [3.05, 3.63) is 42.2 Å². The Morgan fingerprint density at radius 2 is 2.17 bits per heavy atom. The highest BCUT2D eigenvalue weighted by molar-refractivity contribution is 7.99. The Kier molecular flexibility index (Phi) is 4.57. The highest BCUT2D eigenvalue weighted by atomic mass is 32.2. The molecule has 0 aromatic carbocycles. The van der Waals surface area contributed by atoms with E-state index in [0.717, 1.165) is 11.4 Å². The summed E-state index contributed by atoms with van der Waals surface area (Å²) in [6.07, 6.45) is 3.58. The molecule has 3 heterocycles. The molecule has 0 unspecified atom stereocenters. The van der Waals surface area contributed by atoms with E-state index >= 15 is 0 Å². The molecule has 8 heteroatoms. The van der Waals surface area contributed by atoms with Crippen LogP contribution in [0.2, 0.25) is 0 Å². The first-order valence-corrected chi connectivity index (χ1v) is 8.56. The summed E-state index contributed by atoms with van der Waals surface area (Å²) >= 11 is 1.34. The zero-order chi connectivity index (χ0) is 17.2. The Labute approximate surface area is 143 Å². The molecule has 3 rings (SSSR count). The molecule has 0 aliphatic rings. The maximum Gasteiger partial charge on any atom is 0.230 e. The van der Waals surface area contributed by atoms with Crippen LogP contribution in [-0.2, 0) is 16.8 Å². The van der Waals surface area contributed by atoms with Crippen LogP contribution in [0.4, 0.5) is 0 Å². The van der Waals surface area contributed by atoms with Gasteiger partial charge in [0.2, 0.25) is 11.8 Å². The van der Waals surface area contributed by atoms with Gasteiger partial charge < -0.3 is 9.73 Å². The third-order valence-corrected chi connectivity index (χ3v) is 4.29. The number of oxazole rings is 1. The van der Waals surface area contributed by atoms with Gasteiger partial charge in [-0.25, -0.2) is 4.98 Å². The highest BCUT2D eigenvalue weighted by Crippen LogP contribution is 2.22. The molecule has 0 aliphatic heterocycles. The van der Waals surface area contributed by atoms with E-state index in [1.165, 1.54) is 11.8 Å². The second kappa shape index (κ2) is 6.64. The molecule has 0 fully saturated rings. The Morgan fingerprint density at radius 3 is 2.92 bits per heavy atom. The second-order valence-electron chi connectivity index (χ2n) is 6.35. The molecule has 0 aliphatic carbocycles. The lowest BCUT2D eigenvalue weighted by atomic mass is 9.94. The summed E-state index contributed by atoms with van der Waals surface area (Å²) < 4.78 is 7.50. The lowest BCUT2D eigenvalue weighted by molar-refractivity contribution is -0.118. The van der Waals surface area contributed by atoms with Gasteiger partial charge in [-0.1, -0.05) is 38.6 Å². The Bertz CT molecular complexity index is 849. The van der Waals surface area contributed by atoms with E-state index in [2.05, 4.69) is 41.3 Å². The average molecular weight is 345 g/mol. The molecule has 1 N–H and O–H groups in total. The van der Waals surface area contributed by atoms with Crippen LogP contribution in [0.25, 0.3) is 5.65 Å². The first kappa shape index (κ1) is 16.5. The van der Waals surface area contributed by atoms with Gasteiger partial charge in [-0.05, 0) is 12.1 Å². The number of rotatable bonds is 5. The van der Waals surface area contributed by atoms with Crippen LogP contribution in [0.5, 0.6) is 0 Å². The topological polar surface area (TPSA) is 85.3 Å². The van der Waals surface area contributed by atoms with Crippen LogP contribution >= 0.6 is 11.8 Å². The number of nitrogens with one attached hydrogen (secondary N) is 1. The maximum atomic E-state index is 12.0. The van der Waals surface area contributed by atoms with Crippen molar-refractivity contribution in [2.75, 3.05) is 5.75 Å². The predicted molar refractivity (Wildman–Crippen MR) is 90.8 cm³/mol. The first-order valence-electron chi connectivity index (χ1n) is 7.58. The van der Waals surface area contributed by atoms with Crippen LogP contribution in [0, 0.1) is 0 Å². The van der Waals surface area contributed by atoms with Crippen molar-refractivity contribution in [2.24, 2.45) is 0 Å². The van der Waals surface area contributed by atoms with Gasteiger partial charge in [-0.3, -0.25) is 9.20 Å². The third-order valence-electron chi connectivity index (χ3n) is 3.34. The fourth-order valence-electron chi connectivity index (χ4n) is 2.01. The number of hydrogen-bond acceptors (Lipinski definition) is 6. The third kappa shape index (κ3) is 3.76. The molecule has 0 saturated heterocycles. The van der Waals surface area contributed by atoms with E-state index in [-0.39, 0.29) is 23.6 Å². The van der Waals surface area contributed by atoms with Gasteiger partial charge in [0.1, 0.15) is 5.76 Å². The molecular weight excluding hydrogens is 326 g/mol. The largest absolute Gasteiger partial charge is 0.443 e. The summed E-state index contributed by atoms with van der Waals surface area (Å²) in [6, 6.07) is 5.66. The summed E-state index contributed by atoms with van der Waals surface area (Å²) in [6.45, 7) is 6.43. The Morgan fingerprint density at radius 1 is 1.33 bits per heavy atom. The minimum Gasteiger partial charge on any atom is -0.443 e. The molecule has 126 valence electrons. The van der Waals surface area contributed by atoms with Gasteiger partial charge in [-0.2, -0.15) is 0 Å². The second-order valence-corrected chi connectivity index (χ2v) is 7.29. The van der Waals surface area contributed by atoms with E-state index in [1.807, 2.05) is 28.8 Å². The smallest absolute Gasteiger partial charge is 0.230 e. The van der Waals surface area contributed by atoms with E-state index in [0.29, 0.717) is 11.0 Å². The van der Waals surface area contributed by atoms with Crippen molar-refractivity contribution in [3.63, 3.8) is 0 Å². The van der Waals surface area contributed by atoms with E-state index in [1.54, 1.807) is 6.20 Å². The van der Waals surface area contributed by atoms with Crippen molar-refractivity contribution < 1.29 is 9.21 Å². The summed E-state index contributed by atoms with van der Waals surface area (Å²) in [5.41, 5.74) is 0.662. The lowest BCUT2D eigenvalue weighted by Gasteiger charge is -2.13. The lowest BCUT2D eigenvalue weighted by Crippen LogP contribution is -2.24. The number of pyridine rings is 1. The van der Waals surface area contributed by atoms with Crippen molar-refractivity contribution in [1.29, 1.82) is 0 Å². The molecule has 3 aromatic rings. The SMILES string of the molecule is CC(C)(C)c1cnc(CNC(=O)CSc2nnc3ccccn23)o1. The molecule has 0 atom stereocenters. The zero-order valence-electron chi connectivity index (χ0n) is 13.8.